The largest absolute Gasteiger partial charge is 1.00 e. The number of hydrogen-bond donors (Lipinski definition) is 1. The van der Waals surface area contributed by atoms with Crippen molar-refractivity contribution in [2.24, 2.45) is 0 Å². The van der Waals surface area contributed by atoms with Gasteiger partial charge in [-0.2, -0.15) is 0 Å². The van der Waals surface area contributed by atoms with Gasteiger partial charge in [0.25, 0.3) is 0 Å². The lowest BCUT2D eigenvalue weighted by atomic mass is 9.98. The van der Waals surface area contributed by atoms with E-state index in [0.29, 0.717) is 0 Å². The van der Waals surface area contributed by atoms with Crippen molar-refractivity contribution in [2.75, 3.05) is 20.8 Å². The van der Waals surface area contributed by atoms with Gasteiger partial charge in [-0.15, -0.1) is 0 Å². The Morgan fingerprint density at radius 2 is 1.74 bits per heavy atom. The first-order chi connectivity index (χ1) is 10.7. The third-order valence-corrected chi connectivity index (χ3v) is 4.47. The second kappa shape index (κ2) is 7.91. The number of fused-ring (bicyclic) bond motifs is 1. The molecule has 124 valence electrons. The van der Waals surface area contributed by atoms with E-state index in [2.05, 4.69) is 24.3 Å². The maximum atomic E-state index is 6.08. The molecule has 0 aromatic heterocycles. The molecular weight excluding hydrogens is 333 g/mol. The van der Waals surface area contributed by atoms with Crippen LogP contribution < -0.4 is 26.8 Å². The molecule has 1 heterocycles. The Morgan fingerprint density at radius 1 is 1.04 bits per heavy atom. The molecule has 0 aliphatic carbocycles. The van der Waals surface area contributed by atoms with Crippen LogP contribution in [-0.2, 0) is 19.5 Å². The molecule has 0 saturated heterocycles. The standard InChI is InChI=1S/C18H20ClNO2.ClH/c1-21-17-9-14-6-7-20(12-15(14)10-18(17)22-2)11-13-4-3-5-16(19)8-13;/h3-5,8-10H,6-7,11-12H2,1-2H3;1H. The van der Waals surface area contributed by atoms with Gasteiger partial charge in [0.15, 0.2) is 11.5 Å². The molecule has 5 heteroatoms. The average molecular weight is 354 g/mol. The van der Waals surface area contributed by atoms with Crippen molar-refractivity contribution >= 4 is 11.6 Å². The van der Waals surface area contributed by atoms with Crippen molar-refractivity contribution in [1.82, 2.24) is 0 Å². The maximum Gasteiger partial charge on any atom is 0.161 e. The Balaban J connectivity index is 0.00000192. The van der Waals surface area contributed by atoms with Crippen molar-refractivity contribution in [1.29, 1.82) is 0 Å². The topological polar surface area (TPSA) is 22.9 Å². The molecule has 0 spiro atoms. The van der Waals surface area contributed by atoms with Crippen molar-refractivity contribution in [3.63, 3.8) is 0 Å². The van der Waals surface area contributed by atoms with Crippen LogP contribution in [0.1, 0.15) is 16.7 Å². The molecule has 0 bridgehead atoms. The molecule has 0 amide bonds. The van der Waals surface area contributed by atoms with E-state index in [1.165, 1.54) is 16.7 Å². The summed E-state index contributed by atoms with van der Waals surface area (Å²) in [5, 5.41) is 0.806. The predicted octanol–water partition coefficient (Wildman–Crippen LogP) is -0.498. The first kappa shape index (κ1) is 17.9. The Morgan fingerprint density at radius 3 is 2.39 bits per heavy atom. The second-order valence-electron chi connectivity index (χ2n) is 5.71. The minimum atomic E-state index is 0. The number of halogens is 2. The molecule has 2 aromatic carbocycles. The summed E-state index contributed by atoms with van der Waals surface area (Å²) < 4.78 is 10.8. The highest BCUT2D eigenvalue weighted by Gasteiger charge is 2.22. The van der Waals surface area contributed by atoms with E-state index >= 15 is 0 Å². The van der Waals surface area contributed by atoms with Gasteiger partial charge in [-0.3, -0.25) is 0 Å². The van der Waals surface area contributed by atoms with E-state index in [-0.39, 0.29) is 12.4 Å². The highest BCUT2D eigenvalue weighted by molar-refractivity contribution is 6.30. The van der Waals surface area contributed by atoms with Crippen LogP contribution >= 0.6 is 11.6 Å². The maximum absolute atomic E-state index is 6.08. The molecule has 1 aliphatic heterocycles. The molecule has 3 nitrogen and oxygen atoms in total. The lowest BCUT2D eigenvalue weighted by Gasteiger charge is -2.27. The smallest absolute Gasteiger partial charge is 0.161 e. The molecule has 1 unspecified atom stereocenters. The van der Waals surface area contributed by atoms with Crippen molar-refractivity contribution in [3.8, 4) is 11.5 Å². The molecule has 1 aliphatic rings. The van der Waals surface area contributed by atoms with Gasteiger partial charge < -0.3 is 26.8 Å². The number of ether oxygens (including phenoxy) is 2. The summed E-state index contributed by atoms with van der Waals surface area (Å²) in [6.45, 7) is 3.12. The number of methoxy groups -OCH3 is 2. The monoisotopic (exact) mass is 353 g/mol. The Hall–Kier alpha value is -1.42. The van der Waals surface area contributed by atoms with Crippen LogP contribution in [0.2, 0.25) is 5.02 Å². The van der Waals surface area contributed by atoms with Gasteiger partial charge in [0, 0.05) is 22.6 Å². The molecule has 0 saturated carbocycles. The number of nitrogens with one attached hydrogen (secondary N) is 1. The SMILES string of the molecule is COc1cc2c(cc1OC)C[NH+](Cc1cccc(Cl)c1)CC2.[Cl-]. The zero-order chi connectivity index (χ0) is 15.5. The van der Waals surface area contributed by atoms with Gasteiger partial charge in [0.2, 0.25) is 0 Å². The second-order valence-corrected chi connectivity index (χ2v) is 6.15. The summed E-state index contributed by atoms with van der Waals surface area (Å²) in [4.78, 5) is 1.54. The molecule has 2 aromatic rings. The fraction of sp³-hybridized carbons (Fsp3) is 0.333. The molecular formula is C18H21Cl2NO2. The molecule has 23 heavy (non-hydrogen) atoms. The number of hydrogen-bond acceptors (Lipinski definition) is 2. The summed E-state index contributed by atoms with van der Waals surface area (Å²) in [6, 6.07) is 12.4. The van der Waals surface area contributed by atoms with E-state index < -0.39 is 0 Å². The van der Waals surface area contributed by atoms with Crippen molar-refractivity contribution in [2.45, 2.75) is 19.5 Å². The zero-order valence-electron chi connectivity index (χ0n) is 13.4. The van der Waals surface area contributed by atoms with E-state index in [4.69, 9.17) is 21.1 Å². The molecule has 1 N–H and O–H groups in total. The normalized spacial score (nSPS) is 16.2. The Kier molecular flexibility index (Phi) is 6.17. The predicted molar refractivity (Wildman–Crippen MR) is 87.9 cm³/mol. The van der Waals surface area contributed by atoms with Crippen molar-refractivity contribution in [3.05, 3.63) is 58.1 Å². The van der Waals surface area contributed by atoms with Gasteiger partial charge >= 0.3 is 0 Å². The van der Waals surface area contributed by atoms with Crippen LogP contribution in [0.5, 0.6) is 11.5 Å². The van der Waals surface area contributed by atoms with Gasteiger partial charge in [0.05, 0.1) is 20.8 Å². The lowest BCUT2D eigenvalue weighted by Crippen LogP contribution is -3.10. The van der Waals surface area contributed by atoms with E-state index in [0.717, 1.165) is 42.6 Å². The quantitative estimate of drug-likeness (QED) is 0.801. The Bertz CT molecular complexity index is 676. The molecule has 1 atom stereocenters. The third kappa shape index (κ3) is 4.11. The van der Waals surface area contributed by atoms with Crippen LogP contribution in [0.15, 0.2) is 36.4 Å². The first-order valence-corrected chi connectivity index (χ1v) is 7.89. The fourth-order valence-corrected chi connectivity index (χ4v) is 3.33. The highest BCUT2D eigenvalue weighted by Crippen LogP contribution is 2.31. The summed E-state index contributed by atoms with van der Waals surface area (Å²) >= 11 is 6.08. The molecule has 0 radical (unpaired) electrons. The molecule has 3 rings (SSSR count). The van der Waals surface area contributed by atoms with Gasteiger partial charge in [0.1, 0.15) is 13.1 Å². The summed E-state index contributed by atoms with van der Waals surface area (Å²) in [5.41, 5.74) is 4.00. The summed E-state index contributed by atoms with van der Waals surface area (Å²) in [5.74, 6) is 1.63. The lowest BCUT2D eigenvalue weighted by molar-refractivity contribution is -0.929. The van der Waals surface area contributed by atoms with E-state index in [1.54, 1.807) is 19.1 Å². The first-order valence-electron chi connectivity index (χ1n) is 7.51. The summed E-state index contributed by atoms with van der Waals surface area (Å²) in [7, 11) is 3.37. The van der Waals surface area contributed by atoms with Crippen LogP contribution in [0.25, 0.3) is 0 Å². The average Bonchev–Trinajstić information content (AvgIpc) is 2.53. The van der Waals surface area contributed by atoms with Crippen LogP contribution in [0.3, 0.4) is 0 Å². The highest BCUT2D eigenvalue weighted by atomic mass is 35.5. The third-order valence-electron chi connectivity index (χ3n) is 4.24. The van der Waals surface area contributed by atoms with E-state index in [1.807, 2.05) is 12.1 Å². The Labute approximate surface area is 148 Å². The van der Waals surface area contributed by atoms with Gasteiger partial charge in [-0.05, 0) is 29.8 Å². The van der Waals surface area contributed by atoms with Crippen LogP contribution in [0.4, 0.5) is 0 Å². The van der Waals surface area contributed by atoms with Crippen LogP contribution in [-0.4, -0.2) is 20.8 Å². The minimum Gasteiger partial charge on any atom is -1.00 e. The van der Waals surface area contributed by atoms with Crippen LogP contribution in [0, 0.1) is 0 Å². The number of benzene rings is 2. The van der Waals surface area contributed by atoms with E-state index in [9.17, 15) is 0 Å². The number of quaternary nitrogens is 1. The molecule has 0 fully saturated rings. The van der Waals surface area contributed by atoms with Gasteiger partial charge in [-0.1, -0.05) is 23.7 Å². The summed E-state index contributed by atoms with van der Waals surface area (Å²) in [6.07, 6.45) is 1.06. The zero-order valence-corrected chi connectivity index (χ0v) is 14.9. The van der Waals surface area contributed by atoms with Gasteiger partial charge in [-0.25, -0.2) is 0 Å². The minimum absolute atomic E-state index is 0. The van der Waals surface area contributed by atoms with Crippen molar-refractivity contribution < 1.29 is 26.8 Å². The number of rotatable bonds is 4. The fourth-order valence-electron chi connectivity index (χ4n) is 3.12.